The van der Waals surface area contributed by atoms with Gasteiger partial charge in [-0.05, 0) is 20.2 Å². The van der Waals surface area contributed by atoms with E-state index in [-0.39, 0.29) is 35.7 Å². The van der Waals surface area contributed by atoms with E-state index in [0.717, 1.165) is 54.9 Å². The number of nitrogens with zero attached hydrogens (tertiary/aromatic N) is 11. The predicted molar refractivity (Wildman–Crippen MR) is 200 cm³/mol. The van der Waals surface area contributed by atoms with Gasteiger partial charge in [0.15, 0.2) is 11.2 Å². The molecule has 0 bridgehead atoms. The minimum Gasteiger partial charge on any atom is -0.480 e. The standard InChI is InChI=1S/C16H25N7O3.C10H11N3O4.C7H17N3/c1-19-6-8-22(9-7-19)5-4-17-12(24)10-23-11-18-14-13(23)15(25)21(3)16(26)20(14)2;1-11-6-3-4-13(5-7(14)15)8(6)9(16)12(2)10(11)17;1-9-4-6-10(3-2-8)7-5-9/h11H,4-10H2,1-3H3,(H,17,24);3-4H,5H2,1-2H3,(H,14,15);2-8H2,1H3. The van der Waals surface area contributed by atoms with E-state index in [1.165, 1.54) is 78.1 Å². The minimum absolute atomic E-state index is 0.00726. The SMILES string of the molecule is CN1CCN(CCN)CC1.CN1CCN(CCNC(=O)Cn2cnc3c2c(=O)n(C)c(=O)n3C)CC1.Cn1c(=O)c2c(ccn2CC(=O)O)n(C)c1=O. The topological polar surface area (TPSA) is 216 Å². The summed E-state index contributed by atoms with van der Waals surface area (Å²) in [5, 5.41) is 11.6. The number of carbonyl (C=O) groups excluding carboxylic acids is 1. The number of carboxylic acid groups (broad SMARTS) is 1. The lowest BCUT2D eigenvalue weighted by atomic mass is 10.3. The highest BCUT2D eigenvalue weighted by Gasteiger charge is 2.18. The summed E-state index contributed by atoms with van der Waals surface area (Å²) in [7, 11) is 10.1. The number of carbonyl (C=O) groups is 2. The minimum atomic E-state index is -1.04. The second kappa shape index (κ2) is 18.2. The average Bonchev–Trinajstić information content (AvgIpc) is 3.75. The maximum Gasteiger partial charge on any atom is 0.332 e. The number of hydrogen-bond donors (Lipinski definition) is 3. The fraction of sp³-hybridized carbons (Fsp3) is 0.606. The average molecular weight is 744 g/mol. The van der Waals surface area contributed by atoms with Crippen molar-refractivity contribution in [3.63, 3.8) is 0 Å². The molecule has 6 heterocycles. The van der Waals surface area contributed by atoms with Gasteiger partial charge in [-0.1, -0.05) is 0 Å². The van der Waals surface area contributed by atoms with E-state index in [9.17, 15) is 28.8 Å². The molecule has 0 aromatic carbocycles. The summed E-state index contributed by atoms with van der Waals surface area (Å²) in [5.41, 5.74) is 4.80. The van der Waals surface area contributed by atoms with Crippen LogP contribution in [0.1, 0.15) is 0 Å². The monoisotopic (exact) mass is 743 g/mol. The Bertz CT molecular complexity index is 2120. The molecule has 4 aromatic heterocycles. The quantitative estimate of drug-likeness (QED) is 0.150. The van der Waals surface area contributed by atoms with Gasteiger partial charge < -0.3 is 35.1 Å². The fourth-order valence-corrected chi connectivity index (χ4v) is 6.22. The van der Waals surface area contributed by atoms with Crippen molar-refractivity contribution in [1.29, 1.82) is 0 Å². The number of piperazine rings is 2. The molecule has 20 nitrogen and oxygen atoms in total. The Morgan fingerprint density at radius 2 is 1.25 bits per heavy atom. The van der Waals surface area contributed by atoms with Crippen LogP contribution in [0.2, 0.25) is 0 Å². The van der Waals surface area contributed by atoms with E-state index in [0.29, 0.717) is 12.1 Å². The van der Waals surface area contributed by atoms with Crippen LogP contribution in [0.15, 0.2) is 37.8 Å². The van der Waals surface area contributed by atoms with Gasteiger partial charge >= 0.3 is 17.3 Å². The van der Waals surface area contributed by atoms with E-state index in [1.807, 2.05) is 0 Å². The molecule has 0 atom stereocenters. The first-order valence-corrected chi connectivity index (χ1v) is 17.5. The lowest BCUT2D eigenvalue weighted by molar-refractivity contribution is -0.137. The molecule has 0 unspecified atom stereocenters. The zero-order chi connectivity index (χ0) is 39.0. The van der Waals surface area contributed by atoms with Crippen LogP contribution in [0.4, 0.5) is 0 Å². The Labute approximate surface area is 305 Å². The summed E-state index contributed by atoms with van der Waals surface area (Å²) in [6, 6.07) is 1.56. The number of nitrogens with two attached hydrogens (primary N) is 1. The largest absolute Gasteiger partial charge is 0.480 e. The molecule has 0 saturated carbocycles. The molecule has 0 spiro atoms. The summed E-state index contributed by atoms with van der Waals surface area (Å²) in [6.45, 7) is 11.8. The Morgan fingerprint density at radius 3 is 1.79 bits per heavy atom. The maximum atomic E-state index is 12.4. The van der Waals surface area contributed by atoms with Crippen molar-refractivity contribution in [2.24, 2.45) is 33.9 Å². The van der Waals surface area contributed by atoms with Crippen molar-refractivity contribution in [3.8, 4) is 0 Å². The molecule has 6 rings (SSSR count). The number of carboxylic acids is 1. The highest BCUT2D eigenvalue weighted by atomic mass is 16.4. The zero-order valence-electron chi connectivity index (χ0n) is 31.5. The van der Waals surface area contributed by atoms with Gasteiger partial charge in [-0.25, -0.2) is 14.6 Å². The van der Waals surface area contributed by atoms with Crippen LogP contribution in [-0.4, -0.2) is 162 Å². The Kier molecular flexibility index (Phi) is 14.1. The van der Waals surface area contributed by atoms with Gasteiger partial charge in [0.05, 0.1) is 11.8 Å². The number of likely N-dealkylation sites (N-methyl/N-ethyl adjacent to an activating group) is 2. The summed E-state index contributed by atoms with van der Waals surface area (Å²) >= 11 is 0. The third-order valence-electron chi connectivity index (χ3n) is 9.61. The van der Waals surface area contributed by atoms with Crippen molar-refractivity contribution >= 4 is 34.1 Å². The first-order valence-electron chi connectivity index (χ1n) is 17.5. The second-order valence-corrected chi connectivity index (χ2v) is 13.5. The first-order chi connectivity index (χ1) is 25.1. The maximum absolute atomic E-state index is 12.4. The Hall–Kier alpha value is -4.89. The molecule has 0 radical (unpaired) electrons. The molecule has 2 saturated heterocycles. The number of nitrogens with one attached hydrogen (secondary N) is 1. The lowest BCUT2D eigenvalue weighted by Gasteiger charge is -2.32. The van der Waals surface area contributed by atoms with E-state index >= 15 is 0 Å². The predicted octanol–water partition coefficient (Wildman–Crippen LogP) is -3.89. The number of rotatable bonds is 9. The van der Waals surface area contributed by atoms with Crippen LogP contribution in [0.25, 0.3) is 22.2 Å². The van der Waals surface area contributed by atoms with Crippen LogP contribution in [0.3, 0.4) is 0 Å². The van der Waals surface area contributed by atoms with Gasteiger partial charge in [-0.15, -0.1) is 0 Å². The van der Waals surface area contributed by atoms with E-state index in [1.54, 1.807) is 13.1 Å². The number of aryl methyl sites for hydroxylation is 2. The van der Waals surface area contributed by atoms with Gasteiger partial charge in [-0.2, -0.15) is 0 Å². The molecular weight excluding hydrogens is 690 g/mol. The van der Waals surface area contributed by atoms with Crippen molar-refractivity contribution in [3.05, 3.63) is 60.3 Å². The molecule has 2 fully saturated rings. The number of amides is 1. The second-order valence-electron chi connectivity index (χ2n) is 13.5. The zero-order valence-corrected chi connectivity index (χ0v) is 31.5. The molecule has 0 aliphatic carbocycles. The molecule has 20 heteroatoms. The Balaban J connectivity index is 0.000000198. The van der Waals surface area contributed by atoms with E-state index in [4.69, 9.17) is 10.8 Å². The van der Waals surface area contributed by atoms with Crippen LogP contribution >= 0.6 is 0 Å². The molecular formula is C33H53N13O7. The summed E-state index contributed by atoms with van der Waals surface area (Å²) in [4.78, 5) is 84.2. The Morgan fingerprint density at radius 1 is 0.717 bits per heavy atom. The molecule has 2 aliphatic heterocycles. The van der Waals surface area contributed by atoms with Crippen molar-refractivity contribution in [2.75, 3.05) is 92.6 Å². The normalized spacial score (nSPS) is 15.9. The molecule has 2 aliphatic rings. The number of hydrogen-bond acceptors (Lipinski definition) is 12. The van der Waals surface area contributed by atoms with E-state index < -0.39 is 28.5 Å². The van der Waals surface area contributed by atoms with Crippen LogP contribution in [-0.2, 0) is 50.9 Å². The summed E-state index contributed by atoms with van der Waals surface area (Å²) in [5.74, 6) is -1.23. The van der Waals surface area contributed by atoms with Crippen LogP contribution in [0.5, 0.6) is 0 Å². The lowest BCUT2D eigenvalue weighted by Crippen LogP contribution is -2.47. The molecule has 53 heavy (non-hydrogen) atoms. The van der Waals surface area contributed by atoms with Gasteiger partial charge in [-0.3, -0.25) is 47.2 Å². The molecule has 292 valence electrons. The van der Waals surface area contributed by atoms with Crippen molar-refractivity contribution in [2.45, 2.75) is 13.1 Å². The third kappa shape index (κ3) is 9.96. The first kappa shape index (κ1) is 40.9. The van der Waals surface area contributed by atoms with Gasteiger partial charge in [0.25, 0.3) is 11.1 Å². The summed E-state index contributed by atoms with van der Waals surface area (Å²) in [6.07, 6.45) is 2.91. The van der Waals surface area contributed by atoms with Gasteiger partial charge in [0.2, 0.25) is 5.91 Å². The highest BCUT2D eigenvalue weighted by Crippen LogP contribution is 2.09. The van der Waals surface area contributed by atoms with Crippen LogP contribution in [0, 0.1) is 0 Å². The van der Waals surface area contributed by atoms with E-state index in [2.05, 4.69) is 44.0 Å². The highest BCUT2D eigenvalue weighted by molar-refractivity contribution is 5.79. The number of fused-ring (bicyclic) bond motifs is 2. The fourth-order valence-electron chi connectivity index (χ4n) is 6.22. The number of aliphatic carboxylic acids is 1. The smallest absolute Gasteiger partial charge is 0.332 e. The van der Waals surface area contributed by atoms with Crippen molar-refractivity contribution < 1.29 is 14.7 Å². The van der Waals surface area contributed by atoms with Crippen molar-refractivity contribution in [1.82, 2.24) is 57.3 Å². The number of aromatic nitrogens is 7. The summed E-state index contributed by atoms with van der Waals surface area (Å²) < 4.78 is 7.40. The number of imidazole rings is 1. The van der Waals surface area contributed by atoms with Gasteiger partial charge in [0.1, 0.15) is 18.6 Å². The van der Waals surface area contributed by atoms with Gasteiger partial charge in [0, 0.05) is 113 Å². The van der Waals surface area contributed by atoms with Crippen LogP contribution < -0.4 is 33.5 Å². The molecule has 4 N–H and O–H groups in total. The molecule has 4 aromatic rings. The third-order valence-corrected chi connectivity index (χ3v) is 9.61. The molecule has 1 amide bonds.